The lowest BCUT2D eigenvalue weighted by Crippen LogP contribution is -2.18. The first-order valence-electron chi connectivity index (χ1n) is 5.42. The van der Waals surface area contributed by atoms with Crippen LogP contribution in [0.4, 0.5) is 5.69 Å². The number of halogens is 1. The van der Waals surface area contributed by atoms with Gasteiger partial charge in [-0.1, -0.05) is 11.6 Å². The smallest absolute Gasteiger partial charge is 0.270 e. The molecular formula is C11H14ClN3O3. The fourth-order valence-corrected chi connectivity index (χ4v) is 1.65. The van der Waals surface area contributed by atoms with Gasteiger partial charge < -0.3 is 11.1 Å². The predicted molar refractivity (Wildman–Crippen MR) is 68.2 cm³/mol. The molecule has 0 aromatic heterocycles. The van der Waals surface area contributed by atoms with Gasteiger partial charge >= 0.3 is 0 Å². The summed E-state index contributed by atoms with van der Waals surface area (Å²) in [5, 5.41) is 14.0. The van der Waals surface area contributed by atoms with Gasteiger partial charge in [-0.05, 0) is 24.6 Å². The molecule has 0 aliphatic carbocycles. The van der Waals surface area contributed by atoms with Crippen molar-refractivity contribution in [2.75, 3.05) is 6.54 Å². The van der Waals surface area contributed by atoms with Crippen LogP contribution in [0.3, 0.4) is 0 Å². The highest BCUT2D eigenvalue weighted by Crippen LogP contribution is 2.22. The largest absolute Gasteiger partial charge is 0.370 e. The summed E-state index contributed by atoms with van der Waals surface area (Å²) in [4.78, 5) is 20.5. The zero-order valence-electron chi connectivity index (χ0n) is 9.69. The third-order valence-corrected chi connectivity index (χ3v) is 2.69. The van der Waals surface area contributed by atoms with Crippen molar-refractivity contribution in [1.82, 2.24) is 5.32 Å². The van der Waals surface area contributed by atoms with E-state index in [4.69, 9.17) is 17.3 Å². The molecule has 0 atom stereocenters. The van der Waals surface area contributed by atoms with Crippen LogP contribution in [0.2, 0.25) is 5.02 Å². The predicted octanol–water partition coefficient (Wildman–Crippen LogP) is 1.60. The molecule has 1 aromatic carbocycles. The Hall–Kier alpha value is -1.66. The van der Waals surface area contributed by atoms with Crippen LogP contribution in [0.5, 0.6) is 0 Å². The molecule has 18 heavy (non-hydrogen) atoms. The molecule has 0 fully saturated rings. The molecule has 0 saturated carbocycles. The molecule has 0 aliphatic heterocycles. The molecule has 1 rings (SSSR count). The molecular weight excluding hydrogens is 258 g/mol. The molecule has 0 radical (unpaired) electrons. The van der Waals surface area contributed by atoms with Gasteiger partial charge in [-0.2, -0.15) is 0 Å². The van der Waals surface area contributed by atoms with Crippen LogP contribution in [0, 0.1) is 10.1 Å². The monoisotopic (exact) mass is 271 g/mol. The average molecular weight is 272 g/mol. The summed E-state index contributed by atoms with van der Waals surface area (Å²) in [6, 6.07) is 4.34. The van der Waals surface area contributed by atoms with E-state index in [9.17, 15) is 14.9 Å². The number of primary amides is 1. The van der Waals surface area contributed by atoms with Crippen molar-refractivity contribution in [3.63, 3.8) is 0 Å². The molecule has 0 saturated heterocycles. The van der Waals surface area contributed by atoms with Gasteiger partial charge in [-0.3, -0.25) is 14.9 Å². The van der Waals surface area contributed by atoms with Crippen molar-refractivity contribution in [3.05, 3.63) is 38.9 Å². The molecule has 0 unspecified atom stereocenters. The van der Waals surface area contributed by atoms with Crippen LogP contribution < -0.4 is 11.1 Å². The van der Waals surface area contributed by atoms with Crippen molar-refractivity contribution >= 4 is 23.2 Å². The van der Waals surface area contributed by atoms with Crippen LogP contribution in [-0.4, -0.2) is 17.4 Å². The normalized spacial score (nSPS) is 10.3. The minimum absolute atomic E-state index is 0.0301. The fraction of sp³-hybridized carbons (Fsp3) is 0.364. The van der Waals surface area contributed by atoms with E-state index < -0.39 is 4.92 Å². The number of hydrogen-bond acceptors (Lipinski definition) is 4. The maximum absolute atomic E-state index is 10.5. The van der Waals surface area contributed by atoms with E-state index >= 15 is 0 Å². The molecule has 98 valence electrons. The topological polar surface area (TPSA) is 98.3 Å². The van der Waals surface area contributed by atoms with Gasteiger partial charge in [0.05, 0.1) is 9.95 Å². The van der Waals surface area contributed by atoms with Crippen LogP contribution in [-0.2, 0) is 11.3 Å². The highest BCUT2D eigenvalue weighted by atomic mass is 35.5. The van der Waals surface area contributed by atoms with Crippen molar-refractivity contribution in [2.45, 2.75) is 19.4 Å². The van der Waals surface area contributed by atoms with E-state index in [0.29, 0.717) is 31.0 Å². The summed E-state index contributed by atoms with van der Waals surface area (Å²) in [7, 11) is 0. The quantitative estimate of drug-likeness (QED) is 0.447. The Morgan fingerprint density at radius 2 is 2.22 bits per heavy atom. The number of nitrogens with one attached hydrogen (secondary N) is 1. The number of carbonyl (C=O) groups excluding carboxylic acids is 1. The molecule has 3 N–H and O–H groups in total. The first kappa shape index (κ1) is 14.4. The zero-order chi connectivity index (χ0) is 13.5. The Bertz CT molecular complexity index is 451. The van der Waals surface area contributed by atoms with E-state index in [1.54, 1.807) is 6.07 Å². The van der Waals surface area contributed by atoms with Crippen molar-refractivity contribution in [1.29, 1.82) is 0 Å². The molecule has 0 spiro atoms. The van der Waals surface area contributed by atoms with E-state index in [-0.39, 0.29) is 11.6 Å². The van der Waals surface area contributed by atoms with E-state index in [2.05, 4.69) is 5.32 Å². The van der Waals surface area contributed by atoms with Crippen LogP contribution in [0.25, 0.3) is 0 Å². The minimum atomic E-state index is -0.490. The fourth-order valence-electron chi connectivity index (χ4n) is 1.40. The van der Waals surface area contributed by atoms with Crippen molar-refractivity contribution < 1.29 is 9.72 Å². The SMILES string of the molecule is NC(=O)CCCNCc1ccc([N+](=O)[O-])cc1Cl. The first-order valence-corrected chi connectivity index (χ1v) is 5.80. The van der Waals surface area contributed by atoms with E-state index in [0.717, 1.165) is 5.56 Å². The number of nitro benzene ring substituents is 1. The van der Waals surface area contributed by atoms with Gasteiger partial charge in [-0.15, -0.1) is 0 Å². The Kier molecular flexibility index (Phi) is 5.54. The maximum atomic E-state index is 10.5. The number of nitro groups is 1. The van der Waals surface area contributed by atoms with Gasteiger partial charge in [0.15, 0.2) is 0 Å². The molecule has 0 bridgehead atoms. The maximum Gasteiger partial charge on any atom is 0.270 e. The number of hydrogen-bond donors (Lipinski definition) is 2. The Labute approximate surface area is 109 Å². The lowest BCUT2D eigenvalue weighted by Gasteiger charge is -2.06. The number of nitrogens with zero attached hydrogens (tertiary/aromatic N) is 1. The van der Waals surface area contributed by atoms with Gasteiger partial charge in [0.2, 0.25) is 5.91 Å². The standard InChI is InChI=1S/C11H14ClN3O3/c12-10-6-9(15(17)18)4-3-8(10)7-14-5-1-2-11(13)16/h3-4,6,14H,1-2,5,7H2,(H2,13,16). The second-order valence-electron chi connectivity index (χ2n) is 3.78. The van der Waals surface area contributed by atoms with Crippen LogP contribution in [0.15, 0.2) is 18.2 Å². The zero-order valence-corrected chi connectivity index (χ0v) is 10.4. The summed E-state index contributed by atoms with van der Waals surface area (Å²) in [6.45, 7) is 1.13. The van der Waals surface area contributed by atoms with Crippen LogP contribution in [0.1, 0.15) is 18.4 Å². The highest BCUT2D eigenvalue weighted by Gasteiger charge is 2.08. The van der Waals surface area contributed by atoms with Crippen molar-refractivity contribution in [2.24, 2.45) is 5.73 Å². The molecule has 0 aliphatic rings. The molecule has 6 nitrogen and oxygen atoms in total. The highest BCUT2D eigenvalue weighted by molar-refractivity contribution is 6.31. The third kappa shape index (κ3) is 4.68. The molecule has 1 aromatic rings. The molecule has 0 heterocycles. The summed E-state index contributed by atoms with van der Waals surface area (Å²) in [6.07, 6.45) is 0.987. The van der Waals surface area contributed by atoms with Crippen molar-refractivity contribution in [3.8, 4) is 0 Å². The lowest BCUT2D eigenvalue weighted by atomic mass is 10.2. The number of carbonyl (C=O) groups is 1. The van der Waals surface area contributed by atoms with Gasteiger partial charge in [0.25, 0.3) is 5.69 Å². The number of rotatable bonds is 7. The Morgan fingerprint density at radius 1 is 1.50 bits per heavy atom. The second-order valence-corrected chi connectivity index (χ2v) is 4.19. The number of amides is 1. The summed E-state index contributed by atoms with van der Waals surface area (Å²) in [5.41, 5.74) is 5.75. The number of nitrogens with two attached hydrogens (primary N) is 1. The summed E-state index contributed by atoms with van der Waals surface area (Å²) in [5.74, 6) is -0.329. The van der Waals surface area contributed by atoms with Crippen LogP contribution >= 0.6 is 11.6 Å². The van der Waals surface area contributed by atoms with E-state index in [1.165, 1.54) is 12.1 Å². The number of benzene rings is 1. The van der Waals surface area contributed by atoms with Gasteiger partial charge in [-0.25, -0.2) is 0 Å². The molecule has 1 amide bonds. The average Bonchev–Trinajstić information content (AvgIpc) is 2.29. The number of non-ortho nitro benzene ring substituents is 1. The summed E-state index contributed by atoms with van der Waals surface area (Å²) >= 11 is 5.92. The Balaban J connectivity index is 2.43. The first-order chi connectivity index (χ1) is 8.50. The van der Waals surface area contributed by atoms with Gasteiger partial charge in [0, 0.05) is 25.1 Å². The second kappa shape index (κ2) is 6.93. The van der Waals surface area contributed by atoms with E-state index in [1.807, 2.05) is 0 Å². The minimum Gasteiger partial charge on any atom is -0.370 e. The van der Waals surface area contributed by atoms with Gasteiger partial charge in [0.1, 0.15) is 0 Å². The third-order valence-electron chi connectivity index (χ3n) is 2.34. The Morgan fingerprint density at radius 3 is 2.78 bits per heavy atom. The summed E-state index contributed by atoms with van der Waals surface area (Å²) < 4.78 is 0. The lowest BCUT2D eigenvalue weighted by molar-refractivity contribution is -0.384. The molecule has 7 heteroatoms.